The molecule has 0 spiro atoms. The van der Waals surface area contributed by atoms with Gasteiger partial charge >= 0.3 is 0 Å². The van der Waals surface area contributed by atoms with Crippen molar-refractivity contribution < 1.29 is 9.47 Å². The van der Waals surface area contributed by atoms with E-state index in [9.17, 15) is 0 Å². The maximum atomic E-state index is 5.50. The van der Waals surface area contributed by atoms with Crippen LogP contribution in [0, 0.1) is 17.3 Å². The topological polar surface area (TPSA) is 18.5 Å². The number of ether oxygens (including phenoxy) is 2. The lowest BCUT2D eigenvalue weighted by Gasteiger charge is -2.33. The molecule has 0 aliphatic heterocycles. The second-order valence-electron chi connectivity index (χ2n) is 4.99. The van der Waals surface area contributed by atoms with Crippen molar-refractivity contribution in [3.05, 3.63) is 0 Å². The van der Waals surface area contributed by atoms with Gasteiger partial charge in [0, 0.05) is 7.11 Å². The summed E-state index contributed by atoms with van der Waals surface area (Å²) in [5.74, 6) is 1.93. The van der Waals surface area contributed by atoms with Crippen LogP contribution in [0.15, 0.2) is 0 Å². The van der Waals surface area contributed by atoms with E-state index in [2.05, 4.69) is 6.92 Å². The largest absolute Gasteiger partial charge is 0.359 e. The number of fused-ring (bicyclic) bond motifs is 2. The van der Waals surface area contributed by atoms with Crippen molar-refractivity contribution in [1.82, 2.24) is 0 Å². The Bertz CT molecular complexity index is 181. The van der Waals surface area contributed by atoms with Gasteiger partial charge in [-0.05, 0) is 36.5 Å². The molecule has 13 heavy (non-hydrogen) atoms. The van der Waals surface area contributed by atoms with Crippen LogP contribution in [-0.2, 0) is 9.47 Å². The summed E-state index contributed by atoms with van der Waals surface area (Å²) in [7, 11) is 1.68. The second-order valence-corrected chi connectivity index (χ2v) is 4.99. The molecule has 0 radical (unpaired) electrons. The molecule has 0 aromatic heterocycles. The second kappa shape index (κ2) is 3.58. The Kier molecular flexibility index (Phi) is 2.61. The van der Waals surface area contributed by atoms with Crippen LogP contribution >= 0.6 is 0 Å². The maximum absolute atomic E-state index is 5.50. The standard InChI is InChI=1S/C11H20O2/c1-11(7-13-8-12-2)6-9-3-4-10(11)5-9/h9-10H,3-8H2,1-2H3. The van der Waals surface area contributed by atoms with Gasteiger partial charge in [0.25, 0.3) is 0 Å². The SMILES string of the molecule is COCOCC1(C)CC2CCC1C2. The Morgan fingerprint density at radius 1 is 1.38 bits per heavy atom. The Morgan fingerprint density at radius 3 is 2.77 bits per heavy atom. The average Bonchev–Trinajstić information content (AvgIpc) is 2.64. The Morgan fingerprint density at radius 2 is 2.23 bits per heavy atom. The molecule has 0 saturated heterocycles. The normalized spacial score (nSPS) is 42.9. The van der Waals surface area contributed by atoms with Crippen LogP contribution in [0.1, 0.15) is 32.6 Å². The van der Waals surface area contributed by atoms with Crippen LogP contribution in [0.5, 0.6) is 0 Å². The summed E-state index contributed by atoms with van der Waals surface area (Å²) in [6, 6.07) is 0. The van der Waals surface area contributed by atoms with Gasteiger partial charge in [-0.25, -0.2) is 0 Å². The first-order valence-electron chi connectivity index (χ1n) is 5.31. The summed E-state index contributed by atoms with van der Waals surface area (Å²) < 4.78 is 10.4. The van der Waals surface area contributed by atoms with Crippen LogP contribution in [0.3, 0.4) is 0 Å². The van der Waals surface area contributed by atoms with E-state index in [0.29, 0.717) is 12.2 Å². The molecule has 3 unspecified atom stereocenters. The third kappa shape index (κ3) is 1.75. The fourth-order valence-corrected chi connectivity index (χ4v) is 3.25. The monoisotopic (exact) mass is 184 g/mol. The lowest BCUT2D eigenvalue weighted by molar-refractivity contribution is -0.0728. The van der Waals surface area contributed by atoms with E-state index in [4.69, 9.17) is 9.47 Å². The quantitative estimate of drug-likeness (QED) is 0.493. The molecule has 2 bridgehead atoms. The molecular formula is C11H20O2. The molecule has 0 N–H and O–H groups in total. The van der Waals surface area contributed by atoms with Gasteiger partial charge in [-0.15, -0.1) is 0 Å². The molecule has 2 saturated carbocycles. The summed E-state index contributed by atoms with van der Waals surface area (Å²) in [4.78, 5) is 0. The first-order chi connectivity index (χ1) is 6.24. The lowest BCUT2D eigenvalue weighted by atomic mass is 9.75. The molecule has 3 atom stereocenters. The first-order valence-corrected chi connectivity index (χ1v) is 5.31. The molecule has 2 nitrogen and oxygen atoms in total. The summed E-state index contributed by atoms with van der Waals surface area (Å²) in [6.45, 7) is 3.72. The first kappa shape index (κ1) is 9.47. The van der Waals surface area contributed by atoms with E-state index in [1.165, 1.54) is 25.7 Å². The third-order valence-corrected chi connectivity index (χ3v) is 3.91. The maximum Gasteiger partial charge on any atom is 0.146 e. The van der Waals surface area contributed by atoms with Gasteiger partial charge in [0.1, 0.15) is 6.79 Å². The minimum atomic E-state index is 0.451. The fourth-order valence-electron chi connectivity index (χ4n) is 3.25. The zero-order valence-corrected chi connectivity index (χ0v) is 8.71. The minimum Gasteiger partial charge on any atom is -0.359 e. The Hall–Kier alpha value is -0.0800. The third-order valence-electron chi connectivity index (χ3n) is 3.91. The molecule has 2 rings (SSSR count). The smallest absolute Gasteiger partial charge is 0.146 e. The van der Waals surface area contributed by atoms with Crippen LogP contribution in [0.25, 0.3) is 0 Å². The fraction of sp³-hybridized carbons (Fsp3) is 1.00. The number of methoxy groups -OCH3 is 1. The van der Waals surface area contributed by atoms with Crippen molar-refractivity contribution in [3.8, 4) is 0 Å². The van der Waals surface area contributed by atoms with E-state index in [-0.39, 0.29) is 0 Å². The van der Waals surface area contributed by atoms with Crippen molar-refractivity contribution in [1.29, 1.82) is 0 Å². The van der Waals surface area contributed by atoms with E-state index < -0.39 is 0 Å². The lowest BCUT2D eigenvalue weighted by Crippen LogP contribution is -2.29. The van der Waals surface area contributed by atoms with Crippen LogP contribution < -0.4 is 0 Å². The highest BCUT2D eigenvalue weighted by Gasteiger charge is 2.47. The highest BCUT2D eigenvalue weighted by molar-refractivity contribution is 4.97. The molecule has 2 aliphatic carbocycles. The van der Waals surface area contributed by atoms with Gasteiger partial charge in [0.2, 0.25) is 0 Å². The Balaban J connectivity index is 1.83. The van der Waals surface area contributed by atoms with Gasteiger partial charge in [-0.2, -0.15) is 0 Å². The average molecular weight is 184 g/mol. The number of hydrogen-bond donors (Lipinski definition) is 0. The van der Waals surface area contributed by atoms with Gasteiger partial charge in [-0.3, -0.25) is 0 Å². The van der Waals surface area contributed by atoms with Crippen LogP contribution in [0.2, 0.25) is 0 Å². The van der Waals surface area contributed by atoms with Gasteiger partial charge < -0.3 is 9.47 Å². The van der Waals surface area contributed by atoms with Crippen molar-refractivity contribution in [2.75, 3.05) is 20.5 Å². The predicted molar refractivity (Wildman–Crippen MR) is 51.4 cm³/mol. The molecule has 0 aromatic carbocycles. The van der Waals surface area contributed by atoms with Crippen LogP contribution in [-0.4, -0.2) is 20.5 Å². The molecular weight excluding hydrogens is 164 g/mol. The summed E-state index contributed by atoms with van der Waals surface area (Å²) in [6.07, 6.45) is 5.72. The van der Waals surface area contributed by atoms with Crippen molar-refractivity contribution >= 4 is 0 Å². The molecule has 76 valence electrons. The van der Waals surface area contributed by atoms with Gasteiger partial charge in [0.15, 0.2) is 0 Å². The molecule has 0 aromatic rings. The van der Waals surface area contributed by atoms with E-state index in [1.54, 1.807) is 7.11 Å². The zero-order chi connectivity index (χ0) is 9.31. The molecule has 0 amide bonds. The van der Waals surface area contributed by atoms with Crippen LogP contribution in [0.4, 0.5) is 0 Å². The molecule has 2 fully saturated rings. The van der Waals surface area contributed by atoms with Crippen molar-refractivity contribution in [3.63, 3.8) is 0 Å². The number of hydrogen-bond acceptors (Lipinski definition) is 2. The van der Waals surface area contributed by atoms with E-state index in [1.807, 2.05) is 0 Å². The van der Waals surface area contributed by atoms with Gasteiger partial charge in [-0.1, -0.05) is 13.3 Å². The highest BCUT2D eigenvalue weighted by atomic mass is 16.7. The summed E-state index contributed by atoms with van der Waals surface area (Å²) in [5, 5.41) is 0. The van der Waals surface area contributed by atoms with Crippen molar-refractivity contribution in [2.45, 2.75) is 32.6 Å². The molecule has 2 heteroatoms. The zero-order valence-electron chi connectivity index (χ0n) is 8.71. The van der Waals surface area contributed by atoms with E-state index >= 15 is 0 Å². The highest BCUT2D eigenvalue weighted by Crippen LogP contribution is 2.55. The van der Waals surface area contributed by atoms with Crippen molar-refractivity contribution in [2.24, 2.45) is 17.3 Å². The summed E-state index contributed by atoms with van der Waals surface area (Å²) in [5.41, 5.74) is 0.460. The predicted octanol–water partition coefficient (Wildman–Crippen LogP) is 2.43. The van der Waals surface area contributed by atoms with E-state index in [0.717, 1.165) is 18.4 Å². The van der Waals surface area contributed by atoms with Gasteiger partial charge in [0.05, 0.1) is 6.61 Å². The number of rotatable bonds is 4. The molecule has 2 aliphatic rings. The molecule has 0 heterocycles. The minimum absolute atomic E-state index is 0.451. The Labute approximate surface area is 80.6 Å². The summed E-state index contributed by atoms with van der Waals surface area (Å²) >= 11 is 0.